The topological polar surface area (TPSA) is 98.8 Å². The normalized spacial score (nSPS) is 31.9. The Bertz CT molecular complexity index is 211. The molecule has 1 fully saturated rings. The minimum absolute atomic E-state index is 0.0336. The minimum Gasteiger partial charge on any atom is -0.480 e. The van der Waals surface area contributed by atoms with E-state index in [9.17, 15) is 9.90 Å². The lowest BCUT2D eigenvalue weighted by atomic mass is 10.0. The first kappa shape index (κ1) is 10.4. The molecule has 6 heteroatoms. The number of hydrogen-bond acceptors (Lipinski definition) is 5. The average molecular weight is 189 g/mol. The third-order valence-corrected chi connectivity index (χ3v) is 2.33. The van der Waals surface area contributed by atoms with E-state index in [-0.39, 0.29) is 6.42 Å². The lowest BCUT2D eigenvalue weighted by molar-refractivity contribution is -0.142. The van der Waals surface area contributed by atoms with Gasteiger partial charge in [0.05, 0.1) is 6.67 Å². The Morgan fingerprint density at radius 3 is 2.85 bits per heavy atom. The molecule has 0 aromatic carbocycles. The summed E-state index contributed by atoms with van der Waals surface area (Å²) >= 11 is 0. The molecule has 1 rings (SSSR count). The molecule has 1 saturated heterocycles. The zero-order valence-corrected chi connectivity index (χ0v) is 7.53. The summed E-state index contributed by atoms with van der Waals surface area (Å²) < 4.78 is 0. The second-order valence-electron chi connectivity index (χ2n) is 3.41. The number of carboxylic acid groups (broad SMARTS) is 1. The molecular weight excluding hydrogens is 174 g/mol. The fourth-order valence-electron chi connectivity index (χ4n) is 1.37. The van der Waals surface area contributed by atoms with Gasteiger partial charge in [-0.2, -0.15) is 0 Å². The molecule has 0 spiro atoms. The summed E-state index contributed by atoms with van der Waals surface area (Å²) in [5.41, 5.74) is 4.20. The fourth-order valence-corrected chi connectivity index (χ4v) is 1.37. The molecule has 13 heavy (non-hydrogen) atoms. The van der Waals surface area contributed by atoms with E-state index in [4.69, 9.17) is 10.8 Å². The Hall–Kier alpha value is -0.690. The van der Waals surface area contributed by atoms with Crippen molar-refractivity contribution in [2.24, 2.45) is 5.73 Å². The van der Waals surface area contributed by atoms with Gasteiger partial charge in [0.1, 0.15) is 11.8 Å². The van der Waals surface area contributed by atoms with Gasteiger partial charge in [-0.1, -0.05) is 0 Å². The highest BCUT2D eigenvalue weighted by atomic mass is 16.4. The molecule has 5 N–H and O–H groups in total. The van der Waals surface area contributed by atoms with Crippen LogP contribution in [0.4, 0.5) is 0 Å². The smallest absolute Gasteiger partial charge is 0.320 e. The first-order chi connectivity index (χ1) is 5.96. The molecule has 0 amide bonds. The predicted molar refractivity (Wildman–Crippen MR) is 45.8 cm³/mol. The number of likely N-dealkylation sites (N-methyl/N-ethyl adjacent to an activating group) is 1. The predicted octanol–water partition coefficient (Wildman–Crippen LogP) is -2.03. The molecular formula is C7H15N3O3. The maximum atomic E-state index is 10.5. The molecule has 1 aliphatic rings. The number of nitrogens with zero attached hydrogens (tertiary/aromatic N) is 1. The van der Waals surface area contributed by atoms with Crippen LogP contribution in [0.3, 0.4) is 0 Å². The van der Waals surface area contributed by atoms with Crippen LogP contribution in [0.1, 0.15) is 6.42 Å². The van der Waals surface area contributed by atoms with E-state index in [0.717, 1.165) is 0 Å². The highest BCUT2D eigenvalue weighted by molar-refractivity contribution is 5.73. The quantitative estimate of drug-likeness (QED) is 0.408. The summed E-state index contributed by atoms with van der Waals surface area (Å²) in [4.78, 5) is 12.1. The first-order valence-electron chi connectivity index (χ1n) is 4.08. The third-order valence-electron chi connectivity index (χ3n) is 2.33. The van der Waals surface area contributed by atoms with Gasteiger partial charge in [-0.15, -0.1) is 0 Å². The molecule has 0 saturated carbocycles. The molecule has 0 aromatic heterocycles. The van der Waals surface area contributed by atoms with Crippen molar-refractivity contribution in [3.8, 4) is 0 Å². The third kappa shape index (κ3) is 2.16. The van der Waals surface area contributed by atoms with E-state index in [1.54, 1.807) is 11.9 Å². The number of carboxylic acids is 1. The SMILES string of the molecule is CN1CNCC1(O)CC(N)C(=O)O. The first-order valence-corrected chi connectivity index (χ1v) is 4.08. The Morgan fingerprint density at radius 2 is 2.46 bits per heavy atom. The lowest BCUT2D eigenvalue weighted by Crippen LogP contribution is -2.49. The van der Waals surface area contributed by atoms with Crippen molar-refractivity contribution in [2.45, 2.75) is 18.2 Å². The number of aliphatic hydroxyl groups is 1. The summed E-state index contributed by atoms with van der Waals surface area (Å²) in [6, 6.07) is -1.02. The zero-order chi connectivity index (χ0) is 10.1. The highest BCUT2D eigenvalue weighted by Crippen LogP contribution is 2.19. The van der Waals surface area contributed by atoms with Gasteiger partial charge >= 0.3 is 5.97 Å². The van der Waals surface area contributed by atoms with E-state index < -0.39 is 17.7 Å². The number of nitrogens with one attached hydrogen (secondary N) is 1. The number of aliphatic carboxylic acids is 1. The van der Waals surface area contributed by atoms with Crippen LogP contribution in [0.5, 0.6) is 0 Å². The van der Waals surface area contributed by atoms with Crippen LogP contribution in [0.15, 0.2) is 0 Å². The summed E-state index contributed by atoms with van der Waals surface area (Å²) in [6.45, 7) is 0.896. The molecule has 76 valence electrons. The summed E-state index contributed by atoms with van der Waals surface area (Å²) in [5, 5.41) is 21.4. The van der Waals surface area contributed by atoms with Crippen molar-refractivity contribution in [3.05, 3.63) is 0 Å². The van der Waals surface area contributed by atoms with Gasteiger partial charge in [-0.05, 0) is 7.05 Å². The minimum atomic E-state index is -1.13. The molecule has 6 nitrogen and oxygen atoms in total. The van der Waals surface area contributed by atoms with E-state index in [0.29, 0.717) is 13.2 Å². The van der Waals surface area contributed by atoms with Crippen molar-refractivity contribution >= 4 is 5.97 Å². The standard InChI is InChI=1S/C7H15N3O3/c1-10-4-9-3-7(10,13)2-5(8)6(11)12/h5,9,13H,2-4,8H2,1H3,(H,11,12). The number of rotatable bonds is 3. The molecule has 2 atom stereocenters. The number of nitrogens with two attached hydrogens (primary N) is 1. The van der Waals surface area contributed by atoms with E-state index in [1.165, 1.54) is 0 Å². The van der Waals surface area contributed by atoms with Crippen molar-refractivity contribution in [3.63, 3.8) is 0 Å². The van der Waals surface area contributed by atoms with Gasteiger partial charge in [-0.3, -0.25) is 15.0 Å². The Kier molecular flexibility index (Phi) is 2.87. The van der Waals surface area contributed by atoms with Crippen molar-refractivity contribution in [1.29, 1.82) is 0 Å². The molecule has 0 aromatic rings. The van der Waals surface area contributed by atoms with Gasteiger partial charge in [0.15, 0.2) is 0 Å². The lowest BCUT2D eigenvalue weighted by Gasteiger charge is -2.30. The molecule has 0 bridgehead atoms. The molecule has 1 aliphatic heterocycles. The van der Waals surface area contributed by atoms with Crippen molar-refractivity contribution < 1.29 is 15.0 Å². The monoisotopic (exact) mass is 189 g/mol. The Labute approximate surface area is 76.3 Å². The van der Waals surface area contributed by atoms with E-state index in [1.807, 2.05) is 0 Å². The van der Waals surface area contributed by atoms with E-state index in [2.05, 4.69) is 5.32 Å². The van der Waals surface area contributed by atoms with Crippen LogP contribution in [-0.4, -0.2) is 53.1 Å². The van der Waals surface area contributed by atoms with Crippen LogP contribution < -0.4 is 11.1 Å². The number of carbonyl (C=O) groups is 1. The second kappa shape index (κ2) is 3.59. The zero-order valence-electron chi connectivity index (χ0n) is 7.53. The van der Waals surface area contributed by atoms with Gasteiger partial charge in [0.2, 0.25) is 0 Å². The summed E-state index contributed by atoms with van der Waals surface area (Å²) in [6.07, 6.45) is 0.0336. The van der Waals surface area contributed by atoms with Crippen LogP contribution in [0.2, 0.25) is 0 Å². The maximum absolute atomic E-state index is 10.5. The van der Waals surface area contributed by atoms with Crippen molar-refractivity contribution in [2.75, 3.05) is 20.3 Å². The Morgan fingerprint density at radius 1 is 1.85 bits per heavy atom. The molecule has 1 heterocycles. The van der Waals surface area contributed by atoms with Gasteiger partial charge < -0.3 is 15.9 Å². The largest absolute Gasteiger partial charge is 0.480 e. The van der Waals surface area contributed by atoms with Gasteiger partial charge in [-0.25, -0.2) is 0 Å². The molecule has 2 unspecified atom stereocenters. The highest BCUT2D eigenvalue weighted by Gasteiger charge is 2.39. The van der Waals surface area contributed by atoms with Crippen LogP contribution in [0, 0.1) is 0 Å². The van der Waals surface area contributed by atoms with Gasteiger partial charge in [0, 0.05) is 13.0 Å². The second-order valence-corrected chi connectivity index (χ2v) is 3.41. The fraction of sp³-hybridized carbons (Fsp3) is 0.857. The van der Waals surface area contributed by atoms with Crippen LogP contribution >= 0.6 is 0 Å². The summed E-state index contributed by atoms with van der Waals surface area (Å²) in [7, 11) is 1.72. The van der Waals surface area contributed by atoms with Crippen LogP contribution in [-0.2, 0) is 4.79 Å². The maximum Gasteiger partial charge on any atom is 0.320 e. The molecule has 0 aliphatic carbocycles. The number of hydrogen-bond donors (Lipinski definition) is 4. The summed E-state index contributed by atoms with van der Waals surface area (Å²) in [5.74, 6) is -1.09. The van der Waals surface area contributed by atoms with Crippen LogP contribution in [0.25, 0.3) is 0 Å². The average Bonchev–Trinajstić information content (AvgIpc) is 2.32. The van der Waals surface area contributed by atoms with Crippen molar-refractivity contribution in [1.82, 2.24) is 10.2 Å². The van der Waals surface area contributed by atoms with Gasteiger partial charge in [0.25, 0.3) is 0 Å². The molecule has 0 radical (unpaired) electrons. The number of β-amino-alcohol motifs (C(OH)–C–C–N with tert-alkyl or cyclic N) is 1. The van der Waals surface area contributed by atoms with E-state index >= 15 is 0 Å². The Balaban J connectivity index is 2.56.